The molecule has 0 aliphatic heterocycles. The van der Waals surface area contributed by atoms with Gasteiger partial charge in [-0.2, -0.15) is 0 Å². The Morgan fingerprint density at radius 3 is 1.49 bits per heavy atom. The van der Waals surface area contributed by atoms with Crippen molar-refractivity contribution >= 4 is 33.2 Å². The molecule has 208 valence electrons. The van der Waals surface area contributed by atoms with Crippen molar-refractivity contribution in [3.05, 3.63) is 82.2 Å². The summed E-state index contributed by atoms with van der Waals surface area (Å²) >= 11 is 0. The van der Waals surface area contributed by atoms with E-state index in [-0.39, 0.29) is 62.2 Å². The molecular weight excluding hydrogens is 960 g/mol. The fourth-order valence-corrected chi connectivity index (χ4v) is 5.96. The molecule has 2 heterocycles. The predicted octanol–water partition coefficient (Wildman–Crippen LogP) is 7.38. The van der Waals surface area contributed by atoms with Gasteiger partial charge in [-0.15, -0.1) is 0 Å². The topological polar surface area (TPSA) is 69.0 Å². The van der Waals surface area contributed by atoms with Gasteiger partial charge in [-0.05, 0) is 99.6 Å². The molecule has 2 aromatic carbocycles. The van der Waals surface area contributed by atoms with Gasteiger partial charge in [0.25, 0.3) is 0 Å². The summed E-state index contributed by atoms with van der Waals surface area (Å²) in [5, 5.41) is 11.6. The Balaban J connectivity index is 0.00000194. The normalized spacial score (nSPS) is 16.7. The molecule has 0 spiro atoms. The number of aryl methyl sites for hydroxylation is 2. The fourth-order valence-electron chi connectivity index (χ4n) is 5.96. The predicted molar refractivity (Wildman–Crippen MR) is 158 cm³/mol. The van der Waals surface area contributed by atoms with Crippen LogP contribution in [-0.4, -0.2) is 34.6 Å². The van der Waals surface area contributed by atoms with Crippen LogP contribution in [0.4, 0.5) is 0 Å². The first-order chi connectivity index (χ1) is 19.2. The van der Waals surface area contributed by atoms with Crippen LogP contribution in [0, 0.1) is 76.1 Å². The molecular formula is C33H36N4O2U2. The zero-order chi connectivity index (χ0) is 26.6. The maximum Gasteiger partial charge on any atom is 0.120 e. The second-order valence-corrected chi connectivity index (χ2v) is 10.7. The van der Waals surface area contributed by atoms with Crippen molar-refractivity contribution in [2.75, 3.05) is 13.2 Å². The second-order valence-electron chi connectivity index (χ2n) is 10.7. The number of aromatic nitrogens is 2. The van der Waals surface area contributed by atoms with Crippen LogP contribution in [0.25, 0.3) is 21.8 Å². The smallest absolute Gasteiger partial charge is 0.120 e. The van der Waals surface area contributed by atoms with Crippen LogP contribution in [-0.2, 0) is 22.5 Å². The van der Waals surface area contributed by atoms with Gasteiger partial charge in [0, 0.05) is 79.4 Å². The molecule has 0 bridgehead atoms. The Hall–Kier alpha value is -1.70. The number of fused-ring (bicyclic) bond motifs is 4. The zero-order valence-electron chi connectivity index (χ0n) is 24.0. The number of hydrogen-bond acceptors (Lipinski definition) is 6. The SMILES string of the molecule is Cc1c2c(nc3ccccc13)/C(=N/OCCCO/N=C1\CCCCc3c1nc1ccccc1c3C)CCCC2.[U].[U]. The van der Waals surface area contributed by atoms with Gasteiger partial charge >= 0.3 is 0 Å². The van der Waals surface area contributed by atoms with Crippen LogP contribution < -0.4 is 0 Å². The van der Waals surface area contributed by atoms with E-state index in [0.29, 0.717) is 19.6 Å². The Kier molecular flexibility index (Phi) is 11.9. The summed E-state index contributed by atoms with van der Waals surface area (Å²) in [5.41, 5.74) is 11.2. The van der Waals surface area contributed by atoms with E-state index in [1.807, 2.05) is 12.1 Å². The van der Waals surface area contributed by atoms with Crippen LogP contribution in [0.15, 0.2) is 58.8 Å². The first-order valence-electron chi connectivity index (χ1n) is 14.4. The molecule has 0 unspecified atom stereocenters. The summed E-state index contributed by atoms with van der Waals surface area (Å²) in [6.45, 7) is 5.37. The summed E-state index contributed by atoms with van der Waals surface area (Å²) in [7, 11) is 0. The van der Waals surface area contributed by atoms with E-state index in [4.69, 9.17) is 19.6 Å². The molecule has 0 fully saturated rings. The standard InChI is InChI=1S/C33H36N4O2.2U/c1-22-24-12-3-7-16-28(24)34-32-26(22)14-5-9-18-30(32)36-38-20-11-21-39-37-31-19-10-6-15-27-23(2)25-13-4-8-17-29(25)35-33(27)31;;/h3-4,7-8,12-13,16-17H,5-6,9-11,14-15,18-21H2,1-2H3;;/b36-30+,37-31+;;. The van der Waals surface area contributed by atoms with E-state index in [1.54, 1.807) is 0 Å². The molecule has 2 aromatic heterocycles. The first-order valence-corrected chi connectivity index (χ1v) is 14.4. The number of benzene rings is 2. The van der Waals surface area contributed by atoms with Gasteiger partial charge in [0.05, 0.1) is 22.4 Å². The van der Waals surface area contributed by atoms with Crippen molar-refractivity contribution in [1.82, 2.24) is 9.97 Å². The van der Waals surface area contributed by atoms with Crippen LogP contribution in [0.5, 0.6) is 0 Å². The molecule has 0 amide bonds. The quantitative estimate of drug-likeness (QED) is 0.115. The molecule has 0 N–H and O–H groups in total. The van der Waals surface area contributed by atoms with Crippen LogP contribution in [0.1, 0.15) is 78.6 Å². The van der Waals surface area contributed by atoms with Crippen LogP contribution >= 0.6 is 0 Å². The van der Waals surface area contributed by atoms with Gasteiger partial charge in [0.15, 0.2) is 0 Å². The van der Waals surface area contributed by atoms with Crippen molar-refractivity contribution in [2.45, 2.75) is 71.6 Å². The van der Waals surface area contributed by atoms with Gasteiger partial charge < -0.3 is 9.68 Å². The minimum Gasteiger partial charge on any atom is -0.395 e. The van der Waals surface area contributed by atoms with E-state index in [1.165, 1.54) is 33.0 Å². The first kappa shape index (κ1) is 32.2. The number of pyridine rings is 2. The van der Waals surface area contributed by atoms with Gasteiger partial charge in [-0.3, -0.25) is 0 Å². The van der Waals surface area contributed by atoms with E-state index in [9.17, 15) is 0 Å². The van der Waals surface area contributed by atoms with Crippen molar-refractivity contribution in [3.8, 4) is 0 Å². The zero-order valence-corrected chi connectivity index (χ0v) is 32.3. The minimum atomic E-state index is 0. The molecule has 0 atom stereocenters. The fraction of sp³-hybridized carbons (Fsp3) is 0.394. The minimum absolute atomic E-state index is 0. The Morgan fingerprint density at radius 1 is 0.610 bits per heavy atom. The molecule has 2 aliphatic carbocycles. The number of para-hydroxylation sites is 2. The van der Waals surface area contributed by atoms with Gasteiger partial charge in [-0.25, -0.2) is 9.97 Å². The Labute approximate surface area is 289 Å². The van der Waals surface area contributed by atoms with Gasteiger partial charge in [0.2, 0.25) is 0 Å². The molecule has 8 heteroatoms. The summed E-state index contributed by atoms with van der Waals surface area (Å²) in [6, 6.07) is 16.7. The average Bonchev–Trinajstić information content (AvgIpc) is 3.29. The summed E-state index contributed by atoms with van der Waals surface area (Å²) < 4.78 is 0. The maximum absolute atomic E-state index is 5.78. The largest absolute Gasteiger partial charge is 0.395 e. The third-order valence-electron chi connectivity index (χ3n) is 8.11. The van der Waals surface area contributed by atoms with Crippen LogP contribution in [0.2, 0.25) is 0 Å². The molecule has 0 radical (unpaired) electrons. The van der Waals surface area contributed by atoms with Crippen LogP contribution in [0.3, 0.4) is 0 Å². The number of nitrogens with zero attached hydrogens (tertiary/aromatic N) is 4. The average molecular weight is 997 g/mol. The van der Waals surface area contributed by atoms with Crippen molar-refractivity contribution < 1.29 is 71.9 Å². The number of oxime groups is 2. The number of hydrogen-bond donors (Lipinski definition) is 0. The van der Waals surface area contributed by atoms with Crippen molar-refractivity contribution in [3.63, 3.8) is 0 Å². The van der Waals surface area contributed by atoms with E-state index >= 15 is 0 Å². The van der Waals surface area contributed by atoms with Crippen molar-refractivity contribution in [2.24, 2.45) is 10.3 Å². The Morgan fingerprint density at radius 2 is 1.02 bits per heavy atom. The van der Waals surface area contributed by atoms with Gasteiger partial charge in [-0.1, -0.05) is 46.7 Å². The molecule has 2 aliphatic rings. The van der Waals surface area contributed by atoms with Gasteiger partial charge in [0.1, 0.15) is 24.6 Å². The summed E-state index contributed by atoms with van der Waals surface area (Å²) in [5.74, 6) is 0. The van der Waals surface area contributed by atoms with Crippen molar-refractivity contribution in [1.29, 1.82) is 0 Å². The molecule has 4 aromatic rings. The number of rotatable bonds is 6. The van der Waals surface area contributed by atoms with E-state index in [2.05, 4.69) is 60.6 Å². The molecule has 6 nitrogen and oxygen atoms in total. The second kappa shape index (κ2) is 15.2. The molecule has 0 saturated carbocycles. The third kappa shape index (κ3) is 7.10. The maximum atomic E-state index is 5.78. The summed E-state index contributed by atoms with van der Waals surface area (Å²) in [4.78, 5) is 21.5. The third-order valence-corrected chi connectivity index (χ3v) is 8.11. The summed E-state index contributed by atoms with van der Waals surface area (Å²) in [6.07, 6.45) is 9.06. The van der Waals surface area contributed by atoms with E-state index < -0.39 is 0 Å². The Bertz CT molecular complexity index is 1470. The monoisotopic (exact) mass is 996 g/mol. The molecule has 0 saturated heterocycles. The molecule has 41 heavy (non-hydrogen) atoms. The molecule has 6 rings (SSSR count). The van der Waals surface area contributed by atoms with E-state index in [0.717, 1.165) is 85.2 Å².